The summed E-state index contributed by atoms with van der Waals surface area (Å²) in [6, 6.07) is 1.30. The normalized spacial score (nSPS) is 10.9. The van der Waals surface area contributed by atoms with Crippen LogP contribution < -0.4 is 0 Å². The van der Waals surface area contributed by atoms with E-state index in [1.807, 2.05) is 0 Å². The molecule has 1 nitrogen and oxygen atoms in total. The van der Waals surface area contributed by atoms with Crippen molar-refractivity contribution >= 4 is 29.3 Å². The summed E-state index contributed by atoms with van der Waals surface area (Å²) in [6.45, 7) is 0. The first kappa shape index (κ1) is 9.49. The van der Waals surface area contributed by atoms with Crippen LogP contribution in [0.5, 0.6) is 0 Å². The maximum atomic E-state index is 12.7. The Bertz CT molecular complexity index is 299. The molecule has 4 heteroatoms. The van der Waals surface area contributed by atoms with Crippen LogP contribution in [-0.2, 0) is 0 Å². The van der Waals surface area contributed by atoms with Crippen LogP contribution in [0.2, 0.25) is 5.15 Å². The Morgan fingerprint density at radius 3 is 2.92 bits per heavy atom. The molecule has 0 aromatic carbocycles. The fourth-order valence-electron chi connectivity index (χ4n) is 0.708. The lowest BCUT2D eigenvalue weighted by Gasteiger charge is -1.94. The first-order valence-corrected chi connectivity index (χ1v) is 4.19. The van der Waals surface area contributed by atoms with Crippen molar-refractivity contribution < 1.29 is 4.39 Å². The molecule has 0 saturated carbocycles. The highest BCUT2D eigenvalue weighted by Gasteiger charge is 1.99. The van der Waals surface area contributed by atoms with Crippen molar-refractivity contribution in [1.82, 2.24) is 4.98 Å². The van der Waals surface area contributed by atoms with Gasteiger partial charge in [-0.05, 0) is 11.6 Å². The maximum absolute atomic E-state index is 12.7. The van der Waals surface area contributed by atoms with Crippen LogP contribution in [0.15, 0.2) is 18.3 Å². The molecule has 0 N–H and O–H groups in total. The van der Waals surface area contributed by atoms with Gasteiger partial charge in [0.05, 0.1) is 0 Å². The van der Waals surface area contributed by atoms with Crippen molar-refractivity contribution in [2.75, 3.05) is 5.88 Å². The molecule has 1 aromatic heterocycles. The van der Waals surface area contributed by atoms with Gasteiger partial charge < -0.3 is 0 Å². The van der Waals surface area contributed by atoms with Gasteiger partial charge in [-0.15, -0.1) is 11.6 Å². The summed E-state index contributed by atoms with van der Waals surface area (Å²) in [7, 11) is 0. The molecule has 1 aromatic rings. The first-order chi connectivity index (χ1) is 5.74. The second-order valence-corrected chi connectivity index (χ2v) is 2.76. The Kier molecular flexibility index (Phi) is 3.50. The van der Waals surface area contributed by atoms with Crippen molar-refractivity contribution in [2.24, 2.45) is 0 Å². The molecule has 0 amide bonds. The molecule has 0 aliphatic heterocycles. The lowest BCUT2D eigenvalue weighted by atomic mass is 10.2. The SMILES string of the molecule is Fc1cc(C=CCCl)cnc1Cl. The Morgan fingerprint density at radius 2 is 2.33 bits per heavy atom. The van der Waals surface area contributed by atoms with Gasteiger partial charge in [-0.25, -0.2) is 9.37 Å². The second-order valence-electron chi connectivity index (χ2n) is 2.10. The average Bonchev–Trinajstić information content (AvgIpc) is 2.07. The number of nitrogens with zero attached hydrogens (tertiary/aromatic N) is 1. The highest BCUT2D eigenvalue weighted by atomic mass is 35.5. The Morgan fingerprint density at radius 1 is 1.58 bits per heavy atom. The zero-order valence-corrected chi connectivity index (χ0v) is 7.61. The largest absolute Gasteiger partial charge is 0.241 e. The van der Waals surface area contributed by atoms with Gasteiger partial charge in [-0.2, -0.15) is 0 Å². The molecule has 1 rings (SSSR count). The summed E-state index contributed by atoms with van der Waals surface area (Å²) in [5.41, 5.74) is 0.651. The van der Waals surface area contributed by atoms with Crippen LogP contribution in [0.1, 0.15) is 5.56 Å². The van der Waals surface area contributed by atoms with Gasteiger partial charge >= 0.3 is 0 Å². The summed E-state index contributed by atoms with van der Waals surface area (Å²) in [5.74, 6) is -0.127. The van der Waals surface area contributed by atoms with E-state index in [4.69, 9.17) is 23.2 Å². The van der Waals surface area contributed by atoms with Crippen molar-refractivity contribution in [3.05, 3.63) is 34.9 Å². The lowest BCUT2D eigenvalue weighted by molar-refractivity contribution is 0.621. The minimum Gasteiger partial charge on any atom is -0.241 e. The Hall–Kier alpha value is -0.600. The van der Waals surface area contributed by atoms with Crippen LogP contribution in [0.3, 0.4) is 0 Å². The number of allylic oxidation sites excluding steroid dienone is 1. The van der Waals surface area contributed by atoms with Crippen LogP contribution in [0.4, 0.5) is 4.39 Å². The summed E-state index contributed by atoms with van der Waals surface area (Å²) < 4.78 is 12.7. The van der Waals surface area contributed by atoms with Crippen molar-refractivity contribution in [3.63, 3.8) is 0 Å². The van der Waals surface area contributed by atoms with Crippen LogP contribution >= 0.6 is 23.2 Å². The van der Waals surface area contributed by atoms with E-state index in [2.05, 4.69) is 4.98 Å². The van der Waals surface area contributed by atoms with Gasteiger partial charge in [0.2, 0.25) is 0 Å². The molecule has 0 bridgehead atoms. The second kappa shape index (κ2) is 4.43. The third kappa shape index (κ3) is 2.47. The minimum absolute atomic E-state index is 0.113. The molecule has 12 heavy (non-hydrogen) atoms. The molecule has 0 aliphatic carbocycles. The molecule has 0 aliphatic rings. The van der Waals surface area contributed by atoms with E-state index in [1.165, 1.54) is 12.3 Å². The summed E-state index contributed by atoms with van der Waals surface area (Å²) in [4.78, 5) is 3.63. The Labute approximate surface area is 79.8 Å². The van der Waals surface area contributed by atoms with E-state index < -0.39 is 5.82 Å². The first-order valence-electron chi connectivity index (χ1n) is 3.27. The number of hydrogen-bond donors (Lipinski definition) is 0. The number of rotatable bonds is 2. The zero-order valence-electron chi connectivity index (χ0n) is 6.10. The van der Waals surface area contributed by atoms with Gasteiger partial charge in [0.1, 0.15) is 0 Å². The molecule has 0 atom stereocenters. The van der Waals surface area contributed by atoms with Gasteiger partial charge in [0.25, 0.3) is 0 Å². The van der Waals surface area contributed by atoms with E-state index in [9.17, 15) is 4.39 Å². The highest BCUT2D eigenvalue weighted by Crippen LogP contribution is 2.12. The summed E-state index contributed by atoms with van der Waals surface area (Å²) in [5, 5.41) is -0.113. The molecule has 0 unspecified atom stereocenters. The summed E-state index contributed by atoms with van der Waals surface area (Å²) in [6.07, 6.45) is 4.86. The predicted molar refractivity (Wildman–Crippen MR) is 49.0 cm³/mol. The number of aromatic nitrogens is 1. The monoisotopic (exact) mass is 205 g/mol. The van der Waals surface area contributed by atoms with Crippen LogP contribution in [-0.4, -0.2) is 10.9 Å². The van der Waals surface area contributed by atoms with Crippen LogP contribution in [0, 0.1) is 5.82 Å². The standard InChI is InChI=1S/C8H6Cl2FN/c9-3-1-2-6-4-7(11)8(10)12-5-6/h1-2,4-5H,3H2. The van der Waals surface area contributed by atoms with E-state index in [-0.39, 0.29) is 5.15 Å². The fraction of sp³-hybridized carbons (Fsp3) is 0.125. The smallest absolute Gasteiger partial charge is 0.164 e. The van der Waals surface area contributed by atoms with Crippen LogP contribution in [0.25, 0.3) is 6.08 Å². The predicted octanol–water partition coefficient (Wildman–Crippen LogP) is 3.13. The number of pyridine rings is 1. The Balaban J connectivity index is 2.89. The molecule has 0 saturated heterocycles. The number of hydrogen-bond acceptors (Lipinski definition) is 1. The van der Waals surface area contributed by atoms with E-state index >= 15 is 0 Å². The molecule has 64 valence electrons. The summed E-state index contributed by atoms with van der Waals surface area (Å²) >= 11 is 10.8. The quantitative estimate of drug-likeness (QED) is 0.535. The van der Waals surface area contributed by atoms with E-state index in [0.29, 0.717) is 11.4 Å². The van der Waals surface area contributed by atoms with E-state index in [1.54, 1.807) is 12.2 Å². The minimum atomic E-state index is -0.520. The average molecular weight is 206 g/mol. The lowest BCUT2D eigenvalue weighted by Crippen LogP contribution is -1.83. The molecule has 0 spiro atoms. The third-order valence-electron chi connectivity index (χ3n) is 1.22. The van der Waals surface area contributed by atoms with Gasteiger partial charge in [-0.1, -0.05) is 23.8 Å². The molecule has 0 radical (unpaired) electrons. The fourth-order valence-corrected chi connectivity index (χ4v) is 0.900. The molecule has 0 fully saturated rings. The van der Waals surface area contributed by atoms with Crippen molar-refractivity contribution in [1.29, 1.82) is 0 Å². The number of halogens is 3. The molecular weight excluding hydrogens is 200 g/mol. The molecular formula is C8H6Cl2FN. The van der Waals surface area contributed by atoms with Crippen molar-refractivity contribution in [2.45, 2.75) is 0 Å². The van der Waals surface area contributed by atoms with Gasteiger partial charge in [0, 0.05) is 12.1 Å². The third-order valence-corrected chi connectivity index (χ3v) is 1.67. The number of alkyl halides is 1. The van der Waals surface area contributed by atoms with Gasteiger partial charge in [0.15, 0.2) is 11.0 Å². The molecule has 1 heterocycles. The van der Waals surface area contributed by atoms with Crippen molar-refractivity contribution in [3.8, 4) is 0 Å². The van der Waals surface area contributed by atoms with E-state index in [0.717, 1.165) is 0 Å². The van der Waals surface area contributed by atoms with Gasteiger partial charge in [-0.3, -0.25) is 0 Å². The zero-order chi connectivity index (χ0) is 8.97. The topological polar surface area (TPSA) is 12.9 Å². The highest BCUT2D eigenvalue weighted by molar-refractivity contribution is 6.29. The maximum Gasteiger partial charge on any atom is 0.164 e.